The number of hydrogen-bond acceptors (Lipinski definition) is 8. The van der Waals surface area contributed by atoms with Crippen LogP contribution in [-0.2, 0) is 32.7 Å². The van der Waals surface area contributed by atoms with Gasteiger partial charge in [-0.2, -0.15) is 0 Å². The minimum Gasteiger partial charge on any atom is -0.462 e. The highest BCUT2D eigenvalue weighted by Gasteiger charge is 2.27. The first-order chi connectivity index (χ1) is 30.3. The van der Waals surface area contributed by atoms with E-state index < -0.39 is 32.5 Å². The van der Waals surface area contributed by atoms with Gasteiger partial charge in [-0.3, -0.25) is 18.6 Å². The number of carbonyl (C=O) groups is 2. The fraction of sp³-hybridized carbons (Fsp3) is 0.769. The molecule has 366 valence electrons. The van der Waals surface area contributed by atoms with Crippen LogP contribution in [-0.4, -0.2) is 86.1 Å². The summed E-state index contributed by atoms with van der Waals surface area (Å²) in [6.07, 6.45) is 51.2. The number of unbranched alkanes of at least 4 members (excludes halogenated alkanes) is 19. The van der Waals surface area contributed by atoms with E-state index in [2.05, 4.69) is 61.6 Å². The molecule has 0 fully saturated rings. The van der Waals surface area contributed by atoms with Gasteiger partial charge in [-0.05, 0) is 90.4 Å². The molecule has 2 N–H and O–H groups in total. The van der Waals surface area contributed by atoms with Crippen molar-refractivity contribution in [3.05, 3.63) is 60.8 Å². The fourth-order valence-electron chi connectivity index (χ4n) is 6.61. The molecule has 0 radical (unpaired) electrons. The van der Waals surface area contributed by atoms with Crippen molar-refractivity contribution in [2.24, 2.45) is 0 Å². The lowest BCUT2D eigenvalue weighted by Crippen LogP contribution is -2.37. The molecule has 0 aromatic heterocycles. The van der Waals surface area contributed by atoms with Crippen molar-refractivity contribution in [1.82, 2.24) is 0 Å². The molecule has 63 heavy (non-hydrogen) atoms. The molecule has 0 amide bonds. The van der Waals surface area contributed by atoms with Crippen LogP contribution in [0, 0.1) is 0 Å². The minimum absolute atomic E-state index is 0.0160. The number of likely N-dealkylation sites (N-methyl/N-ethyl adjacent to an activating group) is 1. The number of aliphatic hydroxyl groups is 1. The van der Waals surface area contributed by atoms with Crippen molar-refractivity contribution < 1.29 is 47.2 Å². The summed E-state index contributed by atoms with van der Waals surface area (Å²) < 4.78 is 34.3. The van der Waals surface area contributed by atoms with Crippen molar-refractivity contribution in [3.8, 4) is 0 Å². The van der Waals surface area contributed by atoms with E-state index in [0.29, 0.717) is 23.9 Å². The highest BCUT2D eigenvalue weighted by atomic mass is 31.2. The standard InChI is InChI=1S/C52H94NO9P/c1-6-7-8-9-10-11-12-13-14-15-16-17-18-19-22-26-29-32-35-38-41-44-52(56)62-50(48-61-63(57,58)60-46-45-53(3,4)5)47-59-51(55)43-40-37-34-31-28-25-23-20-21-24-27-30-33-36-39-42-49(2)54/h13-14,21,23-25,30-31,33-34,49-50,54H,6-12,15-20,22,26-29,32,35-48H2,1-5H3/p+1/b14-13-,24-21-,25-23-,33-30-,34-31-/t49-,50-/m1/s1. The molecule has 0 spiro atoms. The smallest absolute Gasteiger partial charge is 0.462 e. The van der Waals surface area contributed by atoms with Gasteiger partial charge in [0.2, 0.25) is 0 Å². The number of quaternary nitrogens is 1. The summed E-state index contributed by atoms with van der Waals surface area (Å²) in [5, 5.41) is 9.29. The third-order valence-electron chi connectivity index (χ3n) is 10.5. The van der Waals surface area contributed by atoms with E-state index in [1.807, 2.05) is 34.1 Å². The Hall–Kier alpha value is -2.33. The van der Waals surface area contributed by atoms with Gasteiger partial charge in [-0.25, -0.2) is 4.57 Å². The van der Waals surface area contributed by atoms with E-state index in [1.54, 1.807) is 0 Å². The molecule has 0 aromatic rings. The summed E-state index contributed by atoms with van der Waals surface area (Å²) in [6, 6.07) is 0. The lowest BCUT2D eigenvalue weighted by Gasteiger charge is -2.24. The van der Waals surface area contributed by atoms with Gasteiger partial charge in [0.1, 0.15) is 19.8 Å². The Bertz CT molecular complexity index is 1270. The van der Waals surface area contributed by atoms with Crippen LogP contribution in [0.3, 0.4) is 0 Å². The normalized spacial score (nSPS) is 14.5. The molecule has 0 aliphatic heterocycles. The largest absolute Gasteiger partial charge is 0.472 e. The second-order valence-corrected chi connectivity index (χ2v) is 19.6. The molecule has 10 nitrogen and oxygen atoms in total. The van der Waals surface area contributed by atoms with Crippen LogP contribution in [0.5, 0.6) is 0 Å². The number of rotatable bonds is 45. The molecular weight excluding hydrogens is 814 g/mol. The van der Waals surface area contributed by atoms with Crippen LogP contribution in [0.2, 0.25) is 0 Å². The molecule has 0 aromatic carbocycles. The zero-order valence-corrected chi connectivity index (χ0v) is 41.8. The maximum absolute atomic E-state index is 12.7. The maximum atomic E-state index is 12.7. The molecule has 0 saturated carbocycles. The number of carbonyl (C=O) groups excluding carboxylic acids is 2. The molecule has 0 rings (SSSR count). The number of ether oxygens (including phenoxy) is 2. The highest BCUT2D eigenvalue weighted by molar-refractivity contribution is 7.47. The van der Waals surface area contributed by atoms with Gasteiger partial charge in [0.15, 0.2) is 6.10 Å². The van der Waals surface area contributed by atoms with Crippen molar-refractivity contribution in [2.45, 2.75) is 212 Å². The van der Waals surface area contributed by atoms with Crippen LogP contribution < -0.4 is 0 Å². The first-order valence-corrected chi connectivity index (χ1v) is 26.5. The summed E-state index contributed by atoms with van der Waals surface area (Å²) in [4.78, 5) is 35.5. The molecule has 0 heterocycles. The predicted octanol–water partition coefficient (Wildman–Crippen LogP) is 13.8. The summed E-state index contributed by atoms with van der Waals surface area (Å²) in [5.41, 5.74) is 0. The first-order valence-electron chi connectivity index (χ1n) is 25.0. The number of hydrogen-bond donors (Lipinski definition) is 2. The summed E-state index contributed by atoms with van der Waals surface area (Å²) in [5.74, 6) is -0.881. The number of aliphatic hydroxyl groups excluding tert-OH is 1. The van der Waals surface area contributed by atoms with Crippen LogP contribution >= 0.6 is 7.82 Å². The number of phosphoric acid groups is 1. The van der Waals surface area contributed by atoms with Crippen molar-refractivity contribution in [2.75, 3.05) is 47.5 Å². The summed E-state index contributed by atoms with van der Waals surface area (Å²) in [7, 11) is 1.43. The SMILES string of the molecule is CCCCCCCC/C=C\CCCCCCCCCCCCCC(=O)O[C@H](COC(=O)CCC/C=C\C/C=C\C/C=C\C/C=C\CCC[C@@H](C)O)COP(=O)(O)OCC[N+](C)(C)C. The Kier molecular flexibility index (Phi) is 41.9. The van der Waals surface area contributed by atoms with Gasteiger partial charge >= 0.3 is 19.8 Å². The Labute approximate surface area is 386 Å². The zero-order chi connectivity index (χ0) is 46.5. The van der Waals surface area contributed by atoms with Crippen LogP contribution in [0.15, 0.2) is 60.8 Å². The van der Waals surface area contributed by atoms with Gasteiger partial charge in [-0.1, -0.05) is 158 Å². The van der Waals surface area contributed by atoms with Crippen molar-refractivity contribution >= 4 is 19.8 Å². The second kappa shape index (κ2) is 43.6. The van der Waals surface area contributed by atoms with Crippen LogP contribution in [0.25, 0.3) is 0 Å². The Balaban J connectivity index is 4.34. The zero-order valence-electron chi connectivity index (χ0n) is 40.9. The number of nitrogens with zero attached hydrogens (tertiary/aromatic N) is 1. The summed E-state index contributed by atoms with van der Waals surface area (Å²) in [6.45, 7) is 3.91. The molecule has 1 unspecified atom stereocenters. The van der Waals surface area contributed by atoms with Gasteiger partial charge in [-0.15, -0.1) is 0 Å². The quantitative estimate of drug-likeness (QED) is 0.0202. The average Bonchev–Trinajstić information content (AvgIpc) is 3.22. The molecule has 3 atom stereocenters. The van der Waals surface area contributed by atoms with E-state index in [0.717, 1.165) is 64.2 Å². The maximum Gasteiger partial charge on any atom is 0.472 e. The van der Waals surface area contributed by atoms with Crippen LogP contribution in [0.4, 0.5) is 0 Å². The van der Waals surface area contributed by atoms with E-state index in [4.69, 9.17) is 18.5 Å². The van der Waals surface area contributed by atoms with Crippen LogP contribution in [0.1, 0.15) is 200 Å². The van der Waals surface area contributed by atoms with Crippen molar-refractivity contribution in [1.29, 1.82) is 0 Å². The minimum atomic E-state index is -4.40. The number of allylic oxidation sites excluding steroid dienone is 10. The van der Waals surface area contributed by atoms with Gasteiger partial charge < -0.3 is 24.0 Å². The topological polar surface area (TPSA) is 129 Å². The molecule has 0 saturated heterocycles. The third-order valence-corrected chi connectivity index (χ3v) is 11.5. The lowest BCUT2D eigenvalue weighted by atomic mass is 10.0. The first kappa shape index (κ1) is 60.7. The van der Waals surface area contributed by atoms with E-state index in [1.165, 1.54) is 96.3 Å². The monoisotopic (exact) mass is 909 g/mol. The van der Waals surface area contributed by atoms with Gasteiger partial charge in [0.05, 0.1) is 33.9 Å². The Morgan fingerprint density at radius 3 is 1.49 bits per heavy atom. The molecule has 0 aliphatic rings. The van der Waals surface area contributed by atoms with E-state index >= 15 is 0 Å². The van der Waals surface area contributed by atoms with Gasteiger partial charge in [0.25, 0.3) is 0 Å². The molecular formula is C52H95NO9P+. The third kappa shape index (κ3) is 49.0. The number of esters is 2. The lowest BCUT2D eigenvalue weighted by molar-refractivity contribution is -0.870. The molecule has 0 aliphatic carbocycles. The number of phosphoric ester groups is 1. The fourth-order valence-corrected chi connectivity index (χ4v) is 7.35. The summed E-state index contributed by atoms with van der Waals surface area (Å²) >= 11 is 0. The Morgan fingerprint density at radius 2 is 0.984 bits per heavy atom. The molecule has 11 heteroatoms. The average molecular weight is 909 g/mol. The second-order valence-electron chi connectivity index (χ2n) is 18.1. The predicted molar refractivity (Wildman–Crippen MR) is 262 cm³/mol. The Morgan fingerprint density at radius 1 is 0.556 bits per heavy atom. The van der Waals surface area contributed by atoms with E-state index in [-0.39, 0.29) is 32.2 Å². The molecule has 0 bridgehead atoms. The highest BCUT2D eigenvalue weighted by Crippen LogP contribution is 2.43. The van der Waals surface area contributed by atoms with Gasteiger partial charge in [0, 0.05) is 12.8 Å². The van der Waals surface area contributed by atoms with Crippen molar-refractivity contribution in [3.63, 3.8) is 0 Å². The van der Waals surface area contributed by atoms with E-state index in [9.17, 15) is 24.2 Å².